The molecule has 0 saturated carbocycles. The van der Waals surface area contributed by atoms with Gasteiger partial charge in [-0.2, -0.15) is 0 Å². The van der Waals surface area contributed by atoms with Crippen molar-refractivity contribution in [1.29, 1.82) is 0 Å². The molecule has 1 aliphatic heterocycles. The molecule has 5 rings (SSSR count). The Morgan fingerprint density at radius 3 is 1.05 bits per heavy atom. The third kappa shape index (κ3) is 6.17. The summed E-state index contributed by atoms with van der Waals surface area (Å²) in [5.41, 5.74) is 6.85. The Morgan fingerprint density at radius 2 is 0.750 bits per heavy atom. The molecule has 1 fully saturated rings. The van der Waals surface area contributed by atoms with Gasteiger partial charge in [0.25, 0.3) is 0 Å². The zero-order valence-electron chi connectivity index (χ0n) is 22.8. The fraction of sp³-hybridized carbons (Fsp3) is 0.152. The van der Waals surface area contributed by atoms with Crippen molar-refractivity contribution in [3.8, 4) is 23.0 Å². The normalized spacial score (nSPS) is 13.0. The summed E-state index contributed by atoms with van der Waals surface area (Å²) >= 11 is 1.87. The van der Waals surface area contributed by atoms with Crippen LogP contribution in [-0.4, -0.2) is 33.5 Å². The number of hydrogen-bond donors (Lipinski definition) is 0. The molecule has 1 saturated heterocycles. The predicted molar refractivity (Wildman–Crippen MR) is 172 cm³/mol. The fourth-order valence-electron chi connectivity index (χ4n) is 4.50. The summed E-state index contributed by atoms with van der Waals surface area (Å²) < 4.78 is 21.9. The van der Waals surface area contributed by atoms with E-state index in [1.165, 1.54) is 21.0 Å². The fourth-order valence-corrected chi connectivity index (χ4v) is 8.76. The van der Waals surface area contributed by atoms with E-state index in [-0.39, 0.29) is 0 Å². The molecule has 0 aromatic heterocycles. The minimum atomic E-state index is 0.829. The van der Waals surface area contributed by atoms with Crippen LogP contribution in [0.1, 0.15) is 22.3 Å². The summed E-state index contributed by atoms with van der Waals surface area (Å²) in [6, 6.07) is 33.2. The number of methoxy groups -OCH3 is 4. The number of hydrogen-bond acceptors (Lipinski definition) is 7. The Hall–Kier alpha value is -3.39. The maximum absolute atomic E-state index is 5.47. The quantitative estimate of drug-likeness (QED) is 0.191. The summed E-state index contributed by atoms with van der Waals surface area (Å²) in [5.74, 6) is 3.32. The summed E-state index contributed by atoms with van der Waals surface area (Å²) in [7, 11) is 10.5. The average molecular weight is 587 g/mol. The molecule has 4 nitrogen and oxygen atoms in total. The first kappa shape index (κ1) is 28.1. The summed E-state index contributed by atoms with van der Waals surface area (Å²) in [6.07, 6.45) is 0. The molecule has 1 heterocycles. The largest absolute Gasteiger partial charge is 0.497 e. The first-order chi connectivity index (χ1) is 19.6. The van der Waals surface area contributed by atoms with E-state index < -0.39 is 0 Å². The maximum atomic E-state index is 5.47. The van der Waals surface area contributed by atoms with E-state index in [1.807, 2.05) is 81.9 Å². The third-order valence-corrected chi connectivity index (χ3v) is 10.7. The smallest absolute Gasteiger partial charge is 0.118 e. The van der Waals surface area contributed by atoms with Crippen LogP contribution in [0.3, 0.4) is 0 Å². The van der Waals surface area contributed by atoms with Gasteiger partial charge in [0, 0.05) is 21.0 Å². The van der Waals surface area contributed by atoms with Gasteiger partial charge in [0.1, 0.15) is 23.0 Å². The molecule has 0 amide bonds. The first-order valence-corrected chi connectivity index (χ1v) is 15.9. The molecule has 0 radical (unpaired) electrons. The second-order valence-electron chi connectivity index (χ2n) is 8.79. The lowest BCUT2D eigenvalue weighted by atomic mass is 9.93. The highest BCUT2D eigenvalue weighted by Gasteiger charge is 2.26. The summed E-state index contributed by atoms with van der Waals surface area (Å²) in [6.45, 7) is 0. The monoisotopic (exact) mass is 586 g/mol. The predicted octanol–water partition coefficient (Wildman–Crippen LogP) is 9.03. The van der Waals surface area contributed by atoms with Crippen molar-refractivity contribution in [2.24, 2.45) is 0 Å². The minimum Gasteiger partial charge on any atom is -0.497 e. The molecule has 0 bridgehead atoms. The zero-order chi connectivity index (χ0) is 27.9. The van der Waals surface area contributed by atoms with Crippen LogP contribution in [0.15, 0.2) is 107 Å². The maximum Gasteiger partial charge on any atom is 0.118 e. The Labute approximate surface area is 248 Å². The molecule has 0 unspecified atom stereocenters. The molecule has 1 aliphatic rings. The van der Waals surface area contributed by atoms with Crippen molar-refractivity contribution in [2.45, 2.75) is 0 Å². The van der Waals surface area contributed by atoms with E-state index in [0.717, 1.165) is 50.3 Å². The van der Waals surface area contributed by atoms with Crippen molar-refractivity contribution >= 4 is 44.5 Å². The highest BCUT2D eigenvalue weighted by molar-refractivity contribution is 8.80. The highest BCUT2D eigenvalue weighted by atomic mass is 33.1. The third-order valence-electron chi connectivity index (χ3n) is 6.57. The van der Waals surface area contributed by atoms with Crippen LogP contribution in [-0.2, 0) is 0 Å². The van der Waals surface area contributed by atoms with Crippen LogP contribution >= 0.6 is 33.3 Å². The van der Waals surface area contributed by atoms with E-state index in [2.05, 4.69) is 48.5 Å². The molecular formula is C33H30O4S3. The molecule has 4 aromatic rings. The van der Waals surface area contributed by atoms with Gasteiger partial charge in [-0.15, -0.1) is 11.8 Å². The molecule has 0 atom stereocenters. The lowest BCUT2D eigenvalue weighted by Crippen LogP contribution is -2.01. The van der Waals surface area contributed by atoms with Crippen LogP contribution in [0, 0.1) is 0 Å². The number of ether oxygens (including phenoxy) is 4. The van der Waals surface area contributed by atoms with Crippen LogP contribution in [0.2, 0.25) is 0 Å². The topological polar surface area (TPSA) is 36.9 Å². The Kier molecular flexibility index (Phi) is 9.37. The molecular weight excluding hydrogens is 557 g/mol. The minimum absolute atomic E-state index is 0.829. The molecule has 7 heteroatoms. The van der Waals surface area contributed by atoms with E-state index in [0.29, 0.717) is 0 Å². The van der Waals surface area contributed by atoms with Crippen molar-refractivity contribution in [3.05, 3.63) is 129 Å². The Balaban J connectivity index is 1.80. The Bertz CT molecular complexity index is 1280. The summed E-state index contributed by atoms with van der Waals surface area (Å²) in [5, 5.41) is 0.942. The van der Waals surface area contributed by atoms with E-state index in [1.54, 1.807) is 28.4 Å². The number of thioether (sulfide) groups is 1. The van der Waals surface area contributed by atoms with Crippen LogP contribution in [0.25, 0.3) is 11.1 Å². The van der Waals surface area contributed by atoms with Crippen LogP contribution in [0.4, 0.5) is 0 Å². The van der Waals surface area contributed by atoms with Gasteiger partial charge in [-0.1, -0.05) is 70.1 Å². The molecule has 0 spiro atoms. The van der Waals surface area contributed by atoms with Gasteiger partial charge in [-0.25, -0.2) is 0 Å². The van der Waals surface area contributed by atoms with Gasteiger partial charge in [0.15, 0.2) is 0 Å². The molecule has 4 aromatic carbocycles. The SMILES string of the molecule is COc1ccc(C(=C2SCSSC2=C(c2ccc(OC)cc2)c2ccc(OC)cc2)c2ccc(OC)cc2)cc1. The van der Waals surface area contributed by atoms with Crippen LogP contribution < -0.4 is 18.9 Å². The lowest BCUT2D eigenvalue weighted by Gasteiger charge is -2.25. The van der Waals surface area contributed by atoms with Gasteiger partial charge in [-0.05, 0) is 70.8 Å². The molecule has 0 N–H and O–H groups in total. The Morgan fingerprint density at radius 1 is 0.450 bits per heavy atom. The highest BCUT2D eigenvalue weighted by Crippen LogP contribution is 2.55. The van der Waals surface area contributed by atoms with Gasteiger partial charge >= 0.3 is 0 Å². The first-order valence-electron chi connectivity index (χ1n) is 12.6. The second-order valence-corrected chi connectivity index (χ2v) is 12.4. The van der Waals surface area contributed by atoms with E-state index in [9.17, 15) is 0 Å². The van der Waals surface area contributed by atoms with Crippen molar-refractivity contribution in [3.63, 3.8) is 0 Å². The van der Waals surface area contributed by atoms with E-state index in [4.69, 9.17) is 18.9 Å². The van der Waals surface area contributed by atoms with Gasteiger partial charge in [-0.3, -0.25) is 0 Å². The zero-order valence-corrected chi connectivity index (χ0v) is 25.3. The van der Waals surface area contributed by atoms with Crippen molar-refractivity contribution in [2.75, 3.05) is 33.5 Å². The number of rotatable bonds is 8. The average Bonchev–Trinajstić information content (AvgIpc) is 3.03. The van der Waals surface area contributed by atoms with Crippen molar-refractivity contribution < 1.29 is 18.9 Å². The van der Waals surface area contributed by atoms with Crippen LogP contribution in [0.5, 0.6) is 23.0 Å². The molecule has 0 aliphatic carbocycles. The van der Waals surface area contributed by atoms with Crippen molar-refractivity contribution in [1.82, 2.24) is 0 Å². The van der Waals surface area contributed by atoms with E-state index >= 15 is 0 Å². The number of benzene rings is 4. The summed E-state index contributed by atoms with van der Waals surface area (Å²) in [4.78, 5) is 2.46. The lowest BCUT2D eigenvalue weighted by molar-refractivity contribution is 0.414. The van der Waals surface area contributed by atoms with Gasteiger partial charge in [0.2, 0.25) is 0 Å². The molecule has 204 valence electrons. The molecule has 40 heavy (non-hydrogen) atoms. The van der Waals surface area contributed by atoms with Gasteiger partial charge in [0.05, 0.1) is 33.5 Å². The van der Waals surface area contributed by atoms with Gasteiger partial charge < -0.3 is 18.9 Å². The second kappa shape index (κ2) is 13.3. The standard InChI is InChI=1S/C33H30O4S3/c1-34-26-13-5-22(6-14-26)30(23-7-15-27(35-2)16-8-23)32-33(40-39-21-38-32)31(24-9-17-28(36-3)18-10-24)25-11-19-29(37-4)20-12-25/h5-20H,21H2,1-4H3.